The Bertz CT molecular complexity index is 270. The maximum Gasteiger partial charge on any atom is 0.323 e. The lowest BCUT2D eigenvalue weighted by Gasteiger charge is -2.25. The summed E-state index contributed by atoms with van der Waals surface area (Å²) in [6.07, 6.45) is 4.55. The van der Waals surface area contributed by atoms with Gasteiger partial charge in [0.2, 0.25) is 0 Å². The molecule has 106 valence electrons. The van der Waals surface area contributed by atoms with Crippen LogP contribution in [0.15, 0.2) is 0 Å². The van der Waals surface area contributed by atoms with Gasteiger partial charge in [0, 0.05) is 13.0 Å². The summed E-state index contributed by atoms with van der Waals surface area (Å²) < 4.78 is 5.87. The lowest BCUT2D eigenvalue weighted by molar-refractivity contribution is -0.145. The minimum absolute atomic E-state index is 0.0967. The van der Waals surface area contributed by atoms with E-state index in [1.54, 1.807) is 0 Å². The number of carboxylic acids is 1. The van der Waals surface area contributed by atoms with Gasteiger partial charge in [-0.15, -0.1) is 0 Å². The van der Waals surface area contributed by atoms with E-state index in [1.807, 2.05) is 6.92 Å². The van der Waals surface area contributed by atoms with Crippen LogP contribution in [-0.2, 0) is 9.53 Å². The van der Waals surface area contributed by atoms with Crippen molar-refractivity contribution in [1.29, 1.82) is 0 Å². The first-order valence-corrected chi connectivity index (χ1v) is 7.14. The highest BCUT2D eigenvalue weighted by Gasteiger charge is 2.45. The maximum atomic E-state index is 11.4. The zero-order chi connectivity index (χ0) is 13.6. The molecule has 1 aliphatic rings. The molecule has 0 aromatic rings. The fourth-order valence-electron chi connectivity index (χ4n) is 2.79. The monoisotopic (exact) mass is 257 g/mol. The minimum atomic E-state index is -0.757. The average Bonchev–Trinajstić information content (AvgIpc) is 2.72. The van der Waals surface area contributed by atoms with E-state index >= 15 is 0 Å². The minimum Gasteiger partial charge on any atom is -0.480 e. The smallest absolute Gasteiger partial charge is 0.323 e. The van der Waals surface area contributed by atoms with Gasteiger partial charge in [0.05, 0.1) is 6.10 Å². The molecule has 0 radical (unpaired) electrons. The Balaban J connectivity index is 2.41. The Labute approximate surface area is 110 Å². The molecule has 2 N–H and O–H groups in total. The average molecular weight is 257 g/mol. The number of ether oxygens (including phenoxy) is 1. The van der Waals surface area contributed by atoms with Gasteiger partial charge in [-0.2, -0.15) is 0 Å². The largest absolute Gasteiger partial charge is 0.480 e. The van der Waals surface area contributed by atoms with Crippen LogP contribution in [0.3, 0.4) is 0 Å². The van der Waals surface area contributed by atoms with Crippen LogP contribution in [0.1, 0.15) is 52.9 Å². The topological polar surface area (TPSA) is 58.6 Å². The van der Waals surface area contributed by atoms with Gasteiger partial charge in [0.1, 0.15) is 5.54 Å². The maximum absolute atomic E-state index is 11.4. The molecule has 0 spiro atoms. The number of rotatable bonds is 8. The van der Waals surface area contributed by atoms with Crippen molar-refractivity contribution in [3.05, 3.63) is 0 Å². The normalized spacial score (nSPS) is 29.4. The van der Waals surface area contributed by atoms with Gasteiger partial charge in [-0.05, 0) is 31.7 Å². The molecule has 1 fully saturated rings. The zero-order valence-electron chi connectivity index (χ0n) is 11.9. The Morgan fingerprint density at radius 2 is 2.28 bits per heavy atom. The Morgan fingerprint density at radius 1 is 1.56 bits per heavy atom. The third-order valence-electron chi connectivity index (χ3n) is 3.79. The highest BCUT2D eigenvalue weighted by molar-refractivity contribution is 5.79. The zero-order valence-corrected chi connectivity index (χ0v) is 11.9. The molecule has 0 saturated heterocycles. The number of hydrogen-bond donors (Lipinski definition) is 2. The van der Waals surface area contributed by atoms with Crippen LogP contribution in [0.5, 0.6) is 0 Å². The first-order chi connectivity index (χ1) is 8.54. The third-order valence-corrected chi connectivity index (χ3v) is 3.79. The van der Waals surface area contributed by atoms with Gasteiger partial charge in [0.15, 0.2) is 0 Å². The highest BCUT2D eigenvalue weighted by atomic mass is 16.5. The predicted molar refractivity (Wildman–Crippen MR) is 71.7 cm³/mol. The summed E-state index contributed by atoms with van der Waals surface area (Å²) in [5.41, 5.74) is -0.757. The van der Waals surface area contributed by atoms with Crippen molar-refractivity contribution in [3.8, 4) is 0 Å². The summed E-state index contributed by atoms with van der Waals surface area (Å²) >= 11 is 0. The van der Waals surface area contributed by atoms with Crippen molar-refractivity contribution < 1.29 is 14.6 Å². The van der Waals surface area contributed by atoms with Crippen molar-refractivity contribution in [2.45, 2.75) is 64.5 Å². The molecule has 3 atom stereocenters. The molecule has 0 aliphatic heterocycles. The van der Waals surface area contributed by atoms with Crippen molar-refractivity contribution in [2.24, 2.45) is 5.92 Å². The summed E-state index contributed by atoms with van der Waals surface area (Å²) in [7, 11) is 0. The number of likely N-dealkylation sites (N-methyl/N-ethyl adjacent to an activating group) is 1. The van der Waals surface area contributed by atoms with Gasteiger partial charge in [0.25, 0.3) is 0 Å². The van der Waals surface area contributed by atoms with E-state index in [2.05, 4.69) is 19.2 Å². The van der Waals surface area contributed by atoms with Gasteiger partial charge < -0.3 is 15.2 Å². The first kappa shape index (κ1) is 15.4. The van der Waals surface area contributed by atoms with E-state index in [1.165, 1.54) is 12.8 Å². The van der Waals surface area contributed by atoms with Crippen LogP contribution in [-0.4, -0.2) is 35.9 Å². The first-order valence-electron chi connectivity index (χ1n) is 7.14. The van der Waals surface area contributed by atoms with E-state index in [9.17, 15) is 9.90 Å². The van der Waals surface area contributed by atoms with E-state index < -0.39 is 11.5 Å². The molecule has 0 aromatic carbocycles. The van der Waals surface area contributed by atoms with Gasteiger partial charge in [-0.3, -0.25) is 4.79 Å². The van der Waals surface area contributed by atoms with Crippen LogP contribution in [0, 0.1) is 5.92 Å². The fourth-order valence-corrected chi connectivity index (χ4v) is 2.79. The number of carboxylic acid groups (broad SMARTS) is 1. The van der Waals surface area contributed by atoms with E-state index in [0.29, 0.717) is 25.3 Å². The fraction of sp³-hybridized carbons (Fsp3) is 0.929. The quantitative estimate of drug-likeness (QED) is 0.701. The second-order valence-corrected chi connectivity index (χ2v) is 5.51. The second kappa shape index (κ2) is 7.10. The standard InChI is InChI=1S/C14H27NO3/c1-4-6-11(3)10-18-12-7-8-14(9-12,13(16)17)15-5-2/h11-12,15H,4-10H2,1-3H3,(H,16,17). The van der Waals surface area contributed by atoms with Crippen LogP contribution in [0.2, 0.25) is 0 Å². The Kier molecular flexibility index (Phi) is 6.09. The molecule has 0 aromatic heterocycles. The van der Waals surface area contributed by atoms with Gasteiger partial charge >= 0.3 is 5.97 Å². The van der Waals surface area contributed by atoms with Crippen molar-refractivity contribution in [3.63, 3.8) is 0 Å². The molecule has 18 heavy (non-hydrogen) atoms. The van der Waals surface area contributed by atoms with Crippen molar-refractivity contribution in [1.82, 2.24) is 5.32 Å². The summed E-state index contributed by atoms with van der Waals surface area (Å²) in [5, 5.41) is 12.5. The van der Waals surface area contributed by atoms with E-state index in [0.717, 1.165) is 13.0 Å². The summed E-state index contributed by atoms with van der Waals surface area (Å²) in [6, 6.07) is 0. The molecule has 0 heterocycles. The lowest BCUT2D eigenvalue weighted by atomic mass is 9.98. The summed E-state index contributed by atoms with van der Waals surface area (Å²) in [6.45, 7) is 7.74. The third kappa shape index (κ3) is 3.95. The Hall–Kier alpha value is -0.610. The van der Waals surface area contributed by atoms with Crippen LogP contribution in [0.4, 0.5) is 0 Å². The molecule has 4 heteroatoms. The molecular formula is C14H27NO3. The molecule has 0 amide bonds. The molecular weight excluding hydrogens is 230 g/mol. The summed E-state index contributed by atoms with van der Waals surface area (Å²) in [5.74, 6) is -0.175. The molecule has 1 saturated carbocycles. The molecule has 1 aliphatic carbocycles. The molecule has 3 unspecified atom stereocenters. The van der Waals surface area contributed by atoms with Gasteiger partial charge in [-0.25, -0.2) is 0 Å². The van der Waals surface area contributed by atoms with E-state index in [-0.39, 0.29) is 6.10 Å². The van der Waals surface area contributed by atoms with Crippen molar-refractivity contribution >= 4 is 5.97 Å². The lowest BCUT2D eigenvalue weighted by Crippen LogP contribution is -2.50. The number of nitrogens with one attached hydrogen (secondary N) is 1. The molecule has 0 bridgehead atoms. The SMILES string of the molecule is CCCC(C)COC1CCC(NCC)(C(=O)O)C1. The van der Waals surface area contributed by atoms with E-state index in [4.69, 9.17) is 4.74 Å². The van der Waals surface area contributed by atoms with Crippen LogP contribution < -0.4 is 5.32 Å². The van der Waals surface area contributed by atoms with Crippen LogP contribution in [0.25, 0.3) is 0 Å². The van der Waals surface area contributed by atoms with Crippen molar-refractivity contribution in [2.75, 3.05) is 13.2 Å². The Morgan fingerprint density at radius 3 is 2.83 bits per heavy atom. The number of carbonyl (C=O) groups is 1. The van der Waals surface area contributed by atoms with Gasteiger partial charge in [-0.1, -0.05) is 27.2 Å². The number of aliphatic carboxylic acids is 1. The van der Waals surface area contributed by atoms with Crippen LogP contribution >= 0.6 is 0 Å². The highest BCUT2D eigenvalue weighted by Crippen LogP contribution is 2.32. The molecule has 1 rings (SSSR count). The summed E-state index contributed by atoms with van der Waals surface area (Å²) in [4.78, 5) is 11.4. The predicted octanol–water partition coefficient (Wildman–Crippen LogP) is 2.42. The second-order valence-electron chi connectivity index (χ2n) is 5.51. The number of hydrogen-bond acceptors (Lipinski definition) is 3. The molecule has 4 nitrogen and oxygen atoms in total.